The summed E-state index contributed by atoms with van der Waals surface area (Å²) in [5.41, 5.74) is 3.29. The van der Waals surface area contributed by atoms with Gasteiger partial charge >= 0.3 is 0 Å². The maximum atomic E-state index is 6.20. The summed E-state index contributed by atoms with van der Waals surface area (Å²) < 4.78 is 19.5. The van der Waals surface area contributed by atoms with Gasteiger partial charge in [0.25, 0.3) is 0 Å². The van der Waals surface area contributed by atoms with Gasteiger partial charge in [-0.3, -0.25) is 0 Å². The van der Waals surface area contributed by atoms with E-state index in [1.165, 1.54) is 0 Å². The molecule has 1 aliphatic rings. The van der Waals surface area contributed by atoms with E-state index in [9.17, 15) is 0 Å². The van der Waals surface area contributed by atoms with E-state index in [0.717, 1.165) is 22.4 Å². The smallest absolute Gasteiger partial charge is 0.213 e. The average Bonchev–Trinajstić information content (AvgIpc) is 3.32. The van der Waals surface area contributed by atoms with Crippen LogP contribution in [0.5, 0.6) is 5.75 Å². The molecule has 2 heterocycles. The highest BCUT2D eigenvalue weighted by Gasteiger charge is 2.42. The molecule has 2 atom stereocenters. The lowest BCUT2D eigenvalue weighted by atomic mass is 9.99. The standard InChI is InChI=1S/C21H22N2O3/c1-16-13-25-21(26-16,14-23-12-11-22-15-23)19-7-3-17(4-8-19)18-5-9-20(24-2)10-6-18/h3-12,15-16H,13-14H2,1-2H3. The van der Waals surface area contributed by atoms with E-state index in [2.05, 4.69) is 41.4 Å². The summed E-state index contributed by atoms with van der Waals surface area (Å²) in [6, 6.07) is 16.4. The summed E-state index contributed by atoms with van der Waals surface area (Å²) in [5, 5.41) is 0. The number of aromatic nitrogens is 2. The zero-order chi connectivity index (χ0) is 18.0. The van der Waals surface area contributed by atoms with Crippen LogP contribution in [0.3, 0.4) is 0 Å². The Labute approximate surface area is 153 Å². The Morgan fingerprint density at radius 3 is 2.35 bits per heavy atom. The van der Waals surface area contributed by atoms with Crippen LogP contribution in [0.4, 0.5) is 0 Å². The first-order valence-electron chi connectivity index (χ1n) is 8.71. The lowest BCUT2D eigenvalue weighted by molar-refractivity contribution is -0.185. The summed E-state index contributed by atoms with van der Waals surface area (Å²) in [5.74, 6) is 0.0739. The molecule has 0 aliphatic carbocycles. The molecule has 4 rings (SSSR count). The van der Waals surface area contributed by atoms with Crippen LogP contribution in [0.15, 0.2) is 67.3 Å². The van der Waals surface area contributed by atoms with Gasteiger partial charge in [-0.1, -0.05) is 36.4 Å². The fourth-order valence-corrected chi connectivity index (χ4v) is 3.29. The highest BCUT2D eigenvalue weighted by molar-refractivity contribution is 5.64. The molecule has 0 spiro atoms. The highest BCUT2D eigenvalue weighted by atomic mass is 16.7. The molecular formula is C21H22N2O3. The van der Waals surface area contributed by atoms with Crippen molar-refractivity contribution < 1.29 is 14.2 Å². The van der Waals surface area contributed by atoms with Crippen molar-refractivity contribution in [1.29, 1.82) is 0 Å². The summed E-state index contributed by atoms with van der Waals surface area (Å²) in [6.07, 6.45) is 5.52. The second-order valence-corrected chi connectivity index (χ2v) is 6.53. The first kappa shape index (κ1) is 16.8. The Morgan fingerprint density at radius 2 is 1.81 bits per heavy atom. The quantitative estimate of drug-likeness (QED) is 0.701. The predicted molar refractivity (Wildman–Crippen MR) is 98.8 cm³/mol. The molecule has 1 fully saturated rings. The van der Waals surface area contributed by atoms with Crippen LogP contribution >= 0.6 is 0 Å². The van der Waals surface area contributed by atoms with Crippen molar-refractivity contribution in [2.24, 2.45) is 0 Å². The second-order valence-electron chi connectivity index (χ2n) is 6.53. The zero-order valence-electron chi connectivity index (χ0n) is 15.0. The van der Waals surface area contributed by atoms with E-state index >= 15 is 0 Å². The maximum Gasteiger partial charge on any atom is 0.213 e. The summed E-state index contributed by atoms with van der Waals surface area (Å²) >= 11 is 0. The molecule has 5 heteroatoms. The summed E-state index contributed by atoms with van der Waals surface area (Å²) in [7, 11) is 1.67. The molecule has 1 aliphatic heterocycles. The number of rotatable bonds is 5. The van der Waals surface area contributed by atoms with Gasteiger partial charge in [0.1, 0.15) is 5.75 Å². The molecule has 1 saturated heterocycles. The molecule has 0 N–H and O–H groups in total. The monoisotopic (exact) mass is 350 g/mol. The van der Waals surface area contributed by atoms with Gasteiger partial charge in [0, 0.05) is 18.0 Å². The Morgan fingerprint density at radius 1 is 1.12 bits per heavy atom. The Kier molecular flexibility index (Phi) is 4.49. The number of nitrogens with zero attached hydrogens (tertiary/aromatic N) is 2. The van der Waals surface area contributed by atoms with Crippen molar-refractivity contribution in [3.05, 3.63) is 72.8 Å². The highest BCUT2D eigenvalue weighted by Crippen LogP contribution is 2.37. The van der Waals surface area contributed by atoms with Crippen molar-refractivity contribution in [3.8, 4) is 16.9 Å². The van der Waals surface area contributed by atoms with E-state index in [-0.39, 0.29) is 6.10 Å². The number of benzene rings is 2. The van der Waals surface area contributed by atoms with Crippen LogP contribution in [-0.4, -0.2) is 29.4 Å². The molecule has 0 bridgehead atoms. The molecule has 26 heavy (non-hydrogen) atoms. The lowest BCUT2D eigenvalue weighted by Gasteiger charge is -2.29. The van der Waals surface area contributed by atoms with Crippen molar-refractivity contribution in [2.75, 3.05) is 13.7 Å². The molecule has 134 valence electrons. The zero-order valence-corrected chi connectivity index (χ0v) is 15.0. The van der Waals surface area contributed by atoms with Gasteiger partial charge < -0.3 is 18.8 Å². The summed E-state index contributed by atoms with van der Waals surface area (Å²) in [6.45, 7) is 3.18. The molecule has 2 aromatic carbocycles. The van der Waals surface area contributed by atoms with Gasteiger partial charge in [-0.25, -0.2) is 4.98 Å². The average molecular weight is 350 g/mol. The largest absolute Gasteiger partial charge is 0.497 e. The lowest BCUT2D eigenvalue weighted by Crippen LogP contribution is -2.33. The molecule has 0 saturated carbocycles. The fourth-order valence-electron chi connectivity index (χ4n) is 3.29. The van der Waals surface area contributed by atoms with Gasteiger partial charge in [0.15, 0.2) is 0 Å². The van der Waals surface area contributed by atoms with E-state index in [0.29, 0.717) is 13.2 Å². The third-order valence-electron chi connectivity index (χ3n) is 4.64. The van der Waals surface area contributed by atoms with E-state index in [4.69, 9.17) is 14.2 Å². The van der Waals surface area contributed by atoms with Crippen molar-refractivity contribution in [1.82, 2.24) is 9.55 Å². The Balaban J connectivity index is 1.62. The number of hydrogen-bond donors (Lipinski definition) is 0. The topological polar surface area (TPSA) is 45.5 Å². The van der Waals surface area contributed by atoms with Gasteiger partial charge in [-0.2, -0.15) is 0 Å². The third kappa shape index (κ3) is 3.23. The minimum absolute atomic E-state index is 0.0554. The van der Waals surface area contributed by atoms with Crippen LogP contribution < -0.4 is 4.74 Å². The van der Waals surface area contributed by atoms with Crippen LogP contribution in [0.2, 0.25) is 0 Å². The van der Waals surface area contributed by atoms with Crippen LogP contribution in [0.1, 0.15) is 12.5 Å². The van der Waals surface area contributed by atoms with E-state index < -0.39 is 5.79 Å². The normalized spacial score (nSPS) is 22.5. The van der Waals surface area contributed by atoms with Crippen molar-refractivity contribution in [3.63, 3.8) is 0 Å². The fraction of sp³-hybridized carbons (Fsp3) is 0.286. The van der Waals surface area contributed by atoms with Gasteiger partial charge in [0.2, 0.25) is 5.79 Å². The SMILES string of the molecule is COc1ccc(-c2ccc(C3(Cn4ccnc4)OCC(C)O3)cc2)cc1. The maximum absolute atomic E-state index is 6.20. The van der Waals surface area contributed by atoms with Crippen LogP contribution in [-0.2, 0) is 21.8 Å². The minimum atomic E-state index is -0.779. The predicted octanol–water partition coefficient (Wildman–Crippen LogP) is 3.85. The van der Waals surface area contributed by atoms with Crippen molar-refractivity contribution >= 4 is 0 Å². The first-order chi connectivity index (χ1) is 12.7. The third-order valence-corrected chi connectivity index (χ3v) is 4.64. The molecular weight excluding hydrogens is 328 g/mol. The Bertz CT molecular complexity index is 844. The molecule has 0 radical (unpaired) electrons. The van der Waals surface area contributed by atoms with Gasteiger partial charge in [-0.15, -0.1) is 0 Å². The number of ether oxygens (including phenoxy) is 3. The van der Waals surface area contributed by atoms with Crippen LogP contribution in [0, 0.1) is 0 Å². The molecule has 2 unspecified atom stereocenters. The number of methoxy groups -OCH3 is 1. The number of imidazole rings is 1. The summed E-state index contributed by atoms with van der Waals surface area (Å²) in [4.78, 5) is 4.12. The minimum Gasteiger partial charge on any atom is -0.497 e. The molecule has 1 aromatic heterocycles. The van der Waals surface area contributed by atoms with Gasteiger partial charge in [0.05, 0.1) is 32.7 Å². The number of hydrogen-bond acceptors (Lipinski definition) is 4. The van der Waals surface area contributed by atoms with Crippen LogP contribution in [0.25, 0.3) is 11.1 Å². The Hall–Kier alpha value is -2.63. The van der Waals surface area contributed by atoms with Crippen molar-refractivity contribution in [2.45, 2.75) is 25.4 Å². The van der Waals surface area contributed by atoms with E-state index in [1.54, 1.807) is 19.6 Å². The first-order valence-corrected chi connectivity index (χ1v) is 8.71. The van der Waals surface area contributed by atoms with E-state index in [1.807, 2.05) is 29.8 Å². The molecule has 0 amide bonds. The second kappa shape index (κ2) is 6.94. The molecule has 3 aromatic rings. The molecule has 5 nitrogen and oxygen atoms in total. The van der Waals surface area contributed by atoms with Gasteiger partial charge in [-0.05, 0) is 30.2 Å².